The highest BCUT2D eigenvalue weighted by Gasteiger charge is 2.62. The molecule has 4 rings (SSSR count). The molecule has 302 valence electrons. The summed E-state index contributed by atoms with van der Waals surface area (Å²) >= 11 is 6.14. The van der Waals surface area contributed by atoms with E-state index in [1.165, 1.54) is 20.8 Å². The maximum absolute atomic E-state index is 13.9. The highest BCUT2D eigenvalue weighted by atomic mass is 35.5. The third-order valence-electron chi connectivity index (χ3n) is 6.99. The molecule has 3 heterocycles. The summed E-state index contributed by atoms with van der Waals surface area (Å²) in [5, 5.41) is 4.11. The van der Waals surface area contributed by atoms with Crippen LogP contribution in [-0.4, -0.2) is 76.0 Å². The summed E-state index contributed by atoms with van der Waals surface area (Å²) < 4.78 is 69.6. The fourth-order valence-electron chi connectivity index (χ4n) is 5.00. The van der Waals surface area contributed by atoms with E-state index >= 15 is 0 Å². The van der Waals surface area contributed by atoms with Crippen molar-refractivity contribution in [1.82, 2.24) is 9.55 Å². The molecular formula is C33H43ClN5O15P. The average molecular weight is 816 g/mol. The highest BCUT2D eigenvalue weighted by molar-refractivity contribution is 7.48. The Balaban J connectivity index is 1.78. The Kier molecular flexibility index (Phi) is 13.2. The van der Waals surface area contributed by atoms with Crippen molar-refractivity contribution in [3.63, 3.8) is 0 Å². The predicted molar refractivity (Wildman–Crippen MR) is 189 cm³/mol. The molecule has 22 heteroatoms. The number of phosphoric acid groups is 1. The fourth-order valence-corrected chi connectivity index (χ4v) is 6.60. The molecule has 2 aliphatic heterocycles. The zero-order chi connectivity index (χ0) is 41.0. The Hall–Kier alpha value is -4.42. The molecule has 0 saturated carbocycles. The van der Waals surface area contributed by atoms with Crippen molar-refractivity contribution in [3.8, 4) is 5.88 Å². The number of carbonyl (C=O) groups is 3. The van der Waals surface area contributed by atoms with Gasteiger partial charge in [-0.05, 0) is 85.5 Å². The second kappa shape index (κ2) is 16.8. The molecule has 1 aromatic heterocycles. The summed E-state index contributed by atoms with van der Waals surface area (Å²) in [6.45, 7) is 12.9. The van der Waals surface area contributed by atoms with Crippen LogP contribution in [0.3, 0.4) is 0 Å². The van der Waals surface area contributed by atoms with Gasteiger partial charge in [-0.1, -0.05) is 28.8 Å². The first-order chi connectivity index (χ1) is 25.4. The second-order valence-corrected chi connectivity index (χ2v) is 17.2. The Morgan fingerprint density at radius 2 is 1.62 bits per heavy atom. The van der Waals surface area contributed by atoms with Gasteiger partial charge in [-0.15, -0.1) is 0 Å². The molecule has 2 fully saturated rings. The Morgan fingerprint density at radius 1 is 1.00 bits per heavy atom. The van der Waals surface area contributed by atoms with E-state index in [9.17, 15) is 29.3 Å². The standard InChI is InChI=1S/C33H43ClN5O15P/c1-30(2,3)51-27(41)47-22-13-15-39(26(40)36-22)25-23(48-28(42)52-31(4,5)6)24(49-29(43)53-32(7,8)9)33(50-25,37-38-35)18-46-55(44)45-16-14-21(54-55)19-11-10-12-20(34)17-19/h10-13,15,17,21,23-25H,14,16,18H2,1-9H3/t21-,23+,24-,25+,33+,55+/m0/s1. The molecule has 2 aliphatic rings. The molecular weight excluding hydrogens is 773 g/mol. The number of aromatic nitrogens is 2. The largest absolute Gasteiger partial charge is 0.515 e. The van der Waals surface area contributed by atoms with Crippen molar-refractivity contribution >= 4 is 37.9 Å². The van der Waals surface area contributed by atoms with Crippen molar-refractivity contribution < 1.29 is 65.7 Å². The smallest absolute Gasteiger partial charge is 0.429 e. The van der Waals surface area contributed by atoms with E-state index in [4.69, 9.17) is 58.3 Å². The van der Waals surface area contributed by atoms with E-state index in [1.807, 2.05) is 0 Å². The van der Waals surface area contributed by atoms with Gasteiger partial charge in [-0.3, -0.25) is 18.1 Å². The Bertz CT molecular complexity index is 1900. The number of hydrogen-bond acceptors (Lipinski definition) is 17. The van der Waals surface area contributed by atoms with Gasteiger partial charge >= 0.3 is 32.0 Å². The van der Waals surface area contributed by atoms with E-state index in [0.717, 1.165) is 16.8 Å². The number of carbonyl (C=O) groups excluding carboxylic acids is 3. The van der Waals surface area contributed by atoms with E-state index in [-0.39, 0.29) is 13.0 Å². The van der Waals surface area contributed by atoms with Crippen molar-refractivity contribution in [2.75, 3.05) is 13.2 Å². The molecule has 0 amide bonds. The number of phosphoric ester groups is 1. The van der Waals surface area contributed by atoms with Crippen LogP contribution < -0.4 is 10.4 Å². The number of nitrogens with zero attached hydrogens (tertiary/aromatic N) is 5. The third-order valence-corrected chi connectivity index (χ3v) is 8.68. The molecule has 0 aliphatic carbocycles. The normalized spacial score (nSPS) is 25.6. The van der Waals surface area contributed by atoms with Gasteiger partial charge in [0, 0.05) is 28.6 Å². The van der Waals surface area contributed by atoms with E-state index in [0.29, 0.717) is 10.6 Å². The minimum atomic E-state index is -4.53. The topological polar surface area (TPSA) is 244 Å². The van der Waals surface area contributed by atoms with Gasteiger partial charge < -0.3 is 33.2 Å². The molecule has 0 unspecified atom stereocenters. The zero-order valence-electron chi connectivity index (χ0n) is 31.6. The number of benzene rings is 1. The summed E-state index contributed by atoms with van der Waals surface area (Å²) in [6.07, 6.45) is -9.13. The summed E-state index contributed by atoms with van der Waals surface area (Å²) in [5.41, 5.74) is 3.46. The van der Waals surface area contributed by atoms with Crippen LogP contribution in [0.25, 0.3) is 10.4 Å². The zero-order valence-corrected chi connectivity index (χ0v) is 33.2. The van der Waals surface area contributed by atoms with Crippen LogP contribution >= 0.6 is 19.4 Å². The lowest BCUT2D eigenvalue weighted by Gasteiger charge is -2.33. The molecule has 1 aromatic carbocycles. The molecule has 6 atom stereocenters. The van der Waals surface area contributed by atoms with Crippen LogP contribution in [0.15, 0.2) is 46.4 Å². The lowest BCUT2D eigenvalue weighted by atomic mass is 10.1. The van der Waals surface area contributed by atoms with Crippen LogP contribution in [-0.2, 0) is 46.6 Å². The molecule has 20 nitrogen and oxygen atoms in total. The first-order valence-electron chi connectivity index (χ1n) is 16.8. The minimum Gasteiger partial charge on any atom is -0.429 e. The predicted octanol–water partition coefficient (Wildman–Crippen LogP) is 7.69. The van der Waals surface area contributed by atoms with Gasteiger partial charge in [-0.2, -0.15) is 4.98 Å². The number of halogens is 1. The monoisotopic (exact) mass is 815 g/mol. The van der Waals surface area contributed by atoms with Crippen LogP contribution in [0.2, 0.25) is 5.02 Å². The first-order valence-corrected chi connectivity index (χ1v) is 18.6. The Labute approximate surface area is 320 Å². The molecule has 2 saturated heterocycles. The van der Waals surface area contributed by atoms with Crippen molar-refractivity contribution in [3.05, 3.63) is 68.0 Å². The maximum atomic E-state index is 13.9. The average Bonchev–Trinajstić information content (AvgIpc) is 3.29. The summed E-state index contributed by atoms with van der Waals surface area (Å²) in [5.74, 6) is -0.483. The molecule has 0 N–H and O–H groups in total. The van der Waals surface area contributed by atoms with E-state index < -0.39 is 91.5 Å². The van der Waals surface area contributed by atoms with Gasteiger partial charge in [-0.25, -0.2) is 23.7 Å². The fraction of sp³-hybridized carbons (Fsp3) is 0.606. The molecule has 0 bridgehead atoms. The lowest BCUT2D eigenvalue weighted by molar-refractivity contribution is -0.135. The maximum Gasteiger partial charge on any atom is 0.515 e. The van der Waals surface area contributed by atoms with Gasteiger partial charge in [0.25, 0.3) is 0 Å². The van der Waals surface area contributed by atoms with Crippen molar-refractivity contribution in [1.29, 1.82) is 0 Å². The summed E-state index contributed by atoms with van der Waals surface area (Å²) in [7, 11) is -4.53. The number of azide groups is 1. The second-order valence-electron chi connectivity index (χ2n) is 15.1. The van der Waals surface area contributed by atoms with Gasteiger partial charge in [0.1, 0.15) is 16.8 Å². The molecule has 2 aromatic rings. The van der Waals surface area contributed by atoms with Crippen molar-refractivity contribution in [2.45, 2.75) is 116 Å². The Morgan fingerprint density at radius 3 is 2.20 bits per heavy atom. The van der Waals surface area contributed by atoms with E-state index in [2.05, 4.69) is 15.0 Å². The first kappa shape index (κ1) is 43.3. The summed E-state index contributed by atoms with van der Waals surface area (Å²) in [4.78, 5) is 58.7. The quantitative estimate of drug-likeness (QED) is 0.0588. The number of rotatable bonds is 9. The highest BCUT2D eigenvalue weighted by Crippen LogP contribution is 2.58. The molecule has 55 heavy (non-hydrogen) atoms. The van der Waals surface area contributed by atoms with Crippen LogP contribution in [0, 0.1) is 0 Å². The van der Waals surface area contributed by atoms with Crippen LogP contribution in [0.4, 0.5) is 14.4 Å². The SMILES string of the molecule is CC(C)(C)OC(=O)Oc1ccn([C@@H]2O[C@@](CO[P@@]3(=O)OCC[C@@H](c4cccc(Cl)c4)O3)(N=[N+]=[N-])[C@@H](OC(=O)OC(C)(C)C)[C@H]2OC(=O)OC(C)(C)C)c(=O)n1. The lowest BCUT2D eigenvalue weighted by Crippen LogP contribution is -2.49. The van der Waals surface area contributed by atoms with Crippen LogP contribution in [0.1, 0.15) is 86.6 Å². The molecule has 0 radical (unpaired) electrons. The van der Waals surface area contributed by atoms with E-state index in [1.54, 1.807) is 65.8 Å². The van der Waals surface area contributed by atoms with Gasteiger partial charge in [0.2, 0.25) is 11.6 Å². The summed E-state index contributed by atoms with van der Waals surface area (Å²) in [6, 6.07) is 7.68. The van der Waals surface area contributed by atoms with Crippen LogP contribution in [0.5, 0.6) is 5.88 Å². The third kappa shape index (κ3) is 12.3. The number of hydrogen-bond donors (Lipinski definition) is 0. The van der Waals surface area contributed by atoms with Crippen molar-refractivity contribution in [2.24, 2.45) is 5.11 Å². The number of ether oxygens (including phenoxy) is 7. The van der Waals surface area contributed by atoms with Gasteiger partial charge in [0.15, 0.2) is 18.4 Å². The molecule has 0 spiro atoms. The van der Waals surface area contributed by atoms with Gasteiger partial charge in [0.05, 0.1) is 19.3 Å². The minimum absolute atomic E-state index is 0.104.